The second-order valence-corrected chi connectivity index (χ2v) is 9.84. The Morgan fingerprint density at radius 2 is 1.46 bits per heavy atom. The van der Waals surface area contributed by atoms with Crippen LogP contribution in [0.2, 0.25) is 0 Å². The Balaban J connectivity index is 1.75. The van der Waals surface area contributed by atoms with E-state index in [4.69, 9.17) is 0 Å². The van der Waals surface area contributed by atoms with Crippen molar-refractivity contribution in [3.63, 3.8) is 0 Å². The van der Waals surface area contributed by atoms with Gasteiger partial charge in [-0.2, -0.15) is 4.31 Å². The van der Waals surface area contributed by atoms with E-state index in [0.29, 0.717) is 23.5 Å². The minimum absolute atomic E-state index is 0.0922. The maximum atomic E-state index is 12.6. The van der Waals surface area contributed by atoms with E-state index >= 15 is 0 Å². The summed E-state index contributed by atoms with van der Waals surface area (Å²) in [5, 5.41) is 3.02. The summed E-state index contributed by atoms with van der Waals surface area (Å²) in [6.07, 6.45) is 2.70. The maximum absolute atomic E-state index is 12.6. The highest BCUT2D eigenvalue weighted by atomic mass is 32.2. The average molecular weight is 401 g/mol. The van der Waals surface area contributed by atoms with Crippen LogP contribution in [0.15, 0.2) is 53.4 Å². The van der Waals surface area contributed by atoms with Gasteiger partial charge in [-0.3, -0.25) is 4.79 Å². The minimum atomic E-state index is -3.40. The molecule has 1 aliphatic rings. The molecule has 0 aromatic heterocycles. The van der Waals surface area contributed by atoms with Crippen molar-refractivity contribution in [2.75, 3.05) is 13.1 Å². The van der Waals surface area contributed by atoms with Gasteiger partial charge in [0.05, 0.1) is 4.90 Å². The first-order valence-corrected chi connectivity index (χ1v) is 11.2. The molecule has 0 bridgehead atoms. The predicted molar refractivity (Wildman–Crippen MR) is 112 cm³/mol. The van der Waals surface area contributed by atoms with Crippen LogP contribution in [-0.2, 0) is 10.0 Å². The Labute approximate surface area is 167 Å². The van der Waals surface area contributed by atoms with E-state index in [1.165, 1.54) is 0 Å². The van der Waals surface area contributed by atoms with Gasteiger partial charge in [-0.1, -0.05) is 31.2 Å². The zero-order chi connectivity index (χ0) is 20.4. The van der Waals surface area contributed by atoms with Crippen molar-refractivity contribution >= 4 is 15.9 Å². The highest BCUT2D eigenvalue weighted by Crippen LogP contribution is 2.25. The van der Waals surface area contributed by atoms with E-state index in [2.05, 4.69) is 5.32 Å². The Morgan fingerprint density at radius 1 is 0.964 bits per heavy atom. The number of amides is 1. The standard InChI is InChI=1S/C22H28N2O3S/c1-4-22(2,3)23-21(25)19-9-7-17(8-10-19)18-11-13-20(14-12-18)28(26,27)24-15-5-6-16-24/h7-14H,4-6,15-16H2,1-3H3,(H,23,25). The number of nitrogens with zero attached hydrogens (tertiary/aromatic N) is 1. The molecule has 0 aliphatic carbocycles. The second kappa shape index (κ2) is 8.05. The monoisotopic (exact) mass is 400 g/mol. The fourth-order valence-electron chi connectivity index (χ4n) is 3.18. The van der Waals surface area contributed by atoms with E-state index in [9.17, 15) is 13.2 Å². The van der Waals surface area contributed by atoms with Crippen LogP contribution in [0.3, 0.4) is 0 Å². The van der Waals surface area contributed by atoms with E-state index in [0.717, 1.165) is 30.4 Å². The summed E-state index contributed by atoms with van der Waals surface area (Å²) in [7, 11) is -3.40. The second-order valence-electron chi connectivity index (χ2n) is 7.90. The van der Waals surface area contributed by atoms with Gasteiger partial charge in [0.15, 0.2) is 0 Å². The van der Waals surface area contributed by atoms with Crippen molar-refractivity contribution in [2.45, 2.75) is 50.5 Å². The maximum Gasteiger partial charge on any atom is 0.251 e. The number of carbonyl (C=O) groups excluding carboxylic acids is 1. The molecule has 28 heavy (non-hydrogen) atoms. The highest BCUT2D eigenvalue weighted by Gasteiger charge is 2.27. The van der Waals surface area contributed by atoms with E-state index < -0.39 is 10.0 Å². The SMILES string of the molecule is CCC(C)(C)NC(=O)c1ccc(-c2ccc(S(=O)(=O)N3CCCC3)cc2)cc1. The molecule has 1 amide bonds. The molecule has 1 fully saturated rings. The van der Waals surface area contributed by atoms with Gasteiger partial charge in [-0.05, 0) is 68.5 Å². The molecule has 3 rings (SSSR count). The number of benzene rings is 2. The van der Waals surface area contributed by atoms with Crippen LogP contribution in [0.5, 0.6) is 0 Å². The molecule has 0 unspecified atom stereocenters. The smallest absolute Gasteiger partial charge is 0.251 e. The molecule has 5 nitrogen and oxygen atoms in total. The van der Waals surface area contributed by atoms with Crippen LogP contribution < -0.4 is 5.32 Å². The van der Waals surface area contributed by atoms with Gasteiger partial charge in [-0.15, -0.1) is 0 Å². The molecule has 2 aromatic rings. The molecular formula is C22H28N2O3S. The van der Waals surface area contributed by atoms with Gasteiger partial charge in [0.25, 0.3) is 5.91 Å². The van der Waals surface area contributed by atoms with Gasteiger partial charge in [0.2, 0.25) is 10.0 Å². The first kappa shape index (κ1) is 20.6. The number of hydrogen-bond acceptors (Lipinski definition) is 3. The topological polar surface area (TPSA) is 66.5 Å². The predicted octanol–water partition coefficient (Wildman–Crippen LogP) is 4.06. The van der Waals surface area contributed by atoms with Crippen LogP contribution >= 0.6 is 0 Å². The number of sulfonamides is 1. The molecule has 1 N–H and O–H groups in total. The Hall–Kier alpha value is -2.18. The van der Waals surface area contributed by atoms with E-state index in [1.54, 1.807) is 28.6 Å². The summed E-state index contributed by atoms with van der Waals surface area (Å²) in [5.41, 5.74) is 2.23. The molecule has 6 heteroatoms. The minimum Gasteiger partial charge on any atom is -0.347 e. The molecule has 1 heterocycles. The molecule has 150 valence electrons. The molecule has 0 saturated carbocycles. The molecule has 0 spiro atoms. The molecule has 0 radical (unpaired) electrons. The lowest BCUT2D eigenvalue weighted by atomic mass is 10.0. The third kappa shape index (κ3) is 4.45. The summed E-state index contributed by atoms with van der Waals surface area (Å²) in [6.45, 7) is 7.23. The largest absolute Gasteiger partial charge is 0.347 e. The average Bonchev–Trinajstić information content (AvgIpc) is 3.24. The van der Waals surface area contributed by atoms with Gasteiger partial charge in [0, 0.05) is 24.2 Å². The Bertz CT molecular complexity index is 927. The number of rotatable bonds is 6. The van der Waals surface area contributed by atoms with Crippen LogP contribution in [0.1, 0.15) is 50.4 Å². The first-order valence-electron chi connectivity index (χ1n) is 9.76. The van der Waals surface area contributed by atoms with Crippen LogP contribution in [0.25, 0.3) is 11.1 Å². The van der Waals surface area contributed by atoms with Crippen LogP contribution in [0.4, 0.5) is 0 Å². The summed E-state index contributed by atoms with van der Waals surface area (Å²) in [6, 6.07) is 14.3. The van der Waals surface area contributed by atoms with Crippen molar-refractivity contribution in [3.05, 3.63) is 54.1 Å². The molecule has 2 aromatic carbocycles. The van der Waals surface area contributed by atoms with Crippen molar-refractivity contribution in [3.8, 4) is 11.1 Å². The third-order valence-corrected chi connectivity index (χ3v) is 7.29. The van der Waals surface area contributed by atoms with Gasteiger partial charge in [0.1, 0.15) is 0 Å². The normalized spacial score (nSPS) is 15.5. The summed E-state index contributed by atoms with van der Waals surface area (Å²) in [5.74, 6) is -0.0922. The van der Waals surface area contributed by atoms with Crippen molar-refractivity contribution in [2.24, 2.45) is 0 Å². The van der Waals surface area contributed by atoms with E-state index in [1.807, 2.05) is 45.0 Å². The van der Waals surface area contributed by atoms with Gasteiger partial charge in [-0.25, -0.2) is 8.42 Å². The summed E-state index contributed by atoms with van der Waals surface area (Å²) in [4.78, 5) is 12.7. The lowest BCUT2D eigenvalue weighted by Gasteiger charge is -2.24. The molecule has 0 atom stereocenters. The molecule has 1 saturated heterocycles. The first-order chi connectivity index (χ1) is 13.2. The lowest BCUT2D eigenvalue weighted by molar-refractivity contribution is 0.0911. The lowest BCUT2D eigenvalue weighted by Crippen LogP contribution is -2.42. The molecular weight excluding hydrogens is 372 g/mol. The Kier molecular flexibility index (Phi) is 5.91. The third-order valence-electron chi connectivity index (χ3n) is 5.37. The highest BCUT2D eigenvalue weighted by molar-refractivity contribution is 7.89. The van der Waals surface area contributed by atoms with Crippen LogP contribution in [0, 0.1) is 0 Å². The number of nitrogens with one attached hydrogen (secondary N) is 1. The van der Waals surface area contributed by atoms with Crippen molar-refractivity contribution in [1.29, 1.82) is 0 Å². The zero-order valence-corrected chi connectivity index (χ0v) is 17.6. The number of carbonyl (C=O) groups is 1. The van der Waals surface area contributed by atoms with Crippen LogP contribution in [-0.4, -0.2) is 37.3 Å². The summed E-state index contributed by atoms with van der Waals surface area (Å²) < 4.78 is 26.8. The van der Waals surface area contributed by atoms with Gasteiger partial charge < -0.3 is 5.32 Å². The Morgan fingerprint density at radius 3 is 1.96 bits per heavy atom. The van der Waals surface area contributed by atoms with Crippen molar-refractivity contribution in [1.82, 2.24) is 9.62 Å². The summed E-state index contributed by atoms with van der Waals surface area (Å²) >= 11 is 0. The van der Waals surface area contributed by atoms with E-state index in [-0.39, 0.29) is 11.4 Å². The zero-order valence-electron chi connectivity index (χ0n) is 16.7. The number of hydrogen-bond donors (Lipinski definition) is 1. The fourth-order valence-corrected chi connectivity index (χ4v) is 4.70. The van der Waals surface area contributed by atoms with Crippen molar-refractivity contribution < 1.29 is 13.2 Å². The molecule has 1 aliphatic heterocycles. The van der Waals surface area contributed by atoms with Gasteiger partial charge >= 0.3 is 0 Å². The fraction of sp³-hybridized carbons (Fsp3) is 0.409. The quantitative estimate of drug-likeness (QED) is 0.795.